The topological polar surface area (TPSA) is 23.5 Å². The SMILES string of the molecule is CN(Cc1ccc(Br)cc1)CC1(CO)CCCCC1. The fraction of sp³-hybridized carbons (Fsp3) is 0.625. The maximum absolute atomic E-state index is 9.76. The highest BCUT2D eigenvalue weighted by Gasteiger charge is 2.32. The smallest absolute Gasteiger partial charge is 0.0499 e. The van der Waals surface area contributed by atoms with Gasteiger partial charge in [0.1, 0.15) is 0 Å². The molecule has 0 aromatic heterocycles. The molecule has 1 fully saturated rings. The van der Waals surface area contributed by atoms with Crippen LogP contribution in [0, 0.1) is 5.41 Å². The van der Waals surface area contributed by atoms with Gasteiger partial charge in [0, 0.05) is 29.6 Å². The van der Waals surface area contributed by atoms with Gasteiger partial charge in [-0.3, -0.25) is 0 Å². The zero-order valence-corrected chi connectivity index (χ0v) is 13.3. The number of hydrogen-bond acceptors (Lipinski definition) is 2. The minimum Gasteiger partial charge on any atom is -0.396 e. The summed E-state index contributed by atoms with van der Waals surface area (Å²) in [6.07, 6.45) is 6.22. The van der Waals surface area contributed by atoms with Crippen LogP contribution in [0.2, 0.25) is 0 Å². The molecule has 1 aliphatic carbocycles. The van der Waals surface area contributed by atoms with Crippen molar-refractivity contribution in [1.29, 1.82) is 0 Å². The van der Waals surface area contributed by atoms with Crippen molar-refractivity contribution in [2.75, 3.05) is 20.2 Å². The van der Waals surface area contributed by atoms with E-state index in [1.165, 1.54) is 37.7 Å². The van der Waals surface area contributed by atoms with E-state index in [4.69, 9.17) is 0 Å². The molecule has 1 aliphatic rings. The first-order chi connectivity index (χ1) is 9.13. The minimum absolute atomic E-state index is 0.141. The molecule has 0 radical (unpaired) electrons. The van der Waals surface area contributed by atoms with E-state index in [1.807, 2.05) is 0 Å². The molecule has 0 bridgehead atoms. The van der Waals surface area contributed by atoms with Crippen LogP contribution in [-0.2, 0) is 6.54 Å². The number of aliphatic hydroxyl groups is 1. The highest BCUT2D eigenvalue weighted by atomic mass is 79.9. The zero-order valence-electron chi connectivity index (χ0n) is 11.7. The maximum Gasteiger partial charge on any atom is 0.0499 e. The van der Waals surface area contributed by atoms with Crippen LogP contribution in [0.5, 0.6) is 0 Å². The summed E-state index contributed by atoms with van der Waals surface area (Å²) in [6, 6.07) is 8.50. The Morgan fingerprint density at radius 2 is 1.79 bits per heavy atom. The van der Waals surface area contributed by atoms with Gasteiger partial charge in [-0.2, -0.15) is 0 Å². The molecule has 0 amide bonds. The van der Waals surface area contributed by atoms with E-state index in [0.717, 1.165) is 17.6 Å². The summed E-state index contributed by atoms with van der Waals surface area (Å²) in [4.78, 5) is 2.35. The van der Waals surface area contributed by atoms with E-state index >= 15 is 0 Å². The number of hydrogen-bond donors (Lipinski definition) is 1. The van der Waals surface area contributed by atoms with Gasteiger partial charge >= 0.3 is 0 Å². The largest absolute Gasteiger partial charge is 0.396 e. The second kappa shape index (κ2) is 6.87. The zero-order chi connectivity index (χ0) is 13.7. The molecule has 0 spiro atoms. The summed E-state index contributed by atoms with van der Waals surface area (Å²) in [6.45, 7) is 2.28. The number of benzene rings is 1. The molecule has 2 rings (SSSR count). The van der Waals surface area contributed by atoms with Crippen molar-refractivity contribution < 1.29 is 5.11 Å². The van der Waals surface area contributed by atoms with Crippen LogP contribution >= 0.6 is 15.9 Å². The summed E-state index contributed by atoms with van der Waals surface area (Å²) in [5, 5.41) is 9.76. The van der Waals surface area contributed by atoms with Crippen LogP contribution in [0.4, 0.5) is 0 Å². The molecule has 2 nitrogen and oxygen atoms in total. The summed E-state index contributed by atoms with van der Waals surface area (Å²) >= 11 is 3.46. The molecular formula is C16H24BrNO. The normalized spacial score (nSPS) is 18.7. The van der Waals surface area contributed by atoms with Crippen molar-refractivity contribution in [1.82, 2.24) is 4.90 Å². The second-order valence-electron chi connectivity index (χ2n) is 6.02. The monoisotopic (exact) mass is 325 g/mol. The van der Waals surface area contributed by atoms with Crippen LogP contribution in [0.25, 0.3) is 0 Å². The molecule has 106 valence electrons. The van der Waals surface area contributed by atoms with Crippen molar-refractivity contribution >= 4 is 15.9 Å². The number of nitrogens with zero attached hydrogens (tertiary/aromatic N) is 1. The van der Waals surface area contributed by atoms with Crippen molar-refractivity contribution in [3.63, 3.8) is 0 Å². The van der Waals surface area contributed by atoms with Crippen LogP contribution in [0.15, 0.2) is 28.7 Å². The lowest BCUT2D eigenvalue weighted by Gasteiger charge is -2.38. The third kappa shape index (κ3) is 4.30. The summed E-state index contributed by atoms with van der Waals surface area (Å²) in [5.74, 6) is 0. The molecule has 0 unspecified atom stereocenters. The van der Waals surface area contributed by atoms with E-state index in [-0.39, 0.29) is 5.41 Å². The van der Waals surface area contributed by atoms with Gasteiger partial charge in [0.15, 0.2) is 0 Å². The highest BCUT2D eigenvalue weighted by molar-refractivity contribution is 9.10. The van der Waals surface area contributed by atoms with Gasteiger partial charge in [-0.15, -0.1) is 0 Å². The number of halogens is 1. The molecule has 1 saturated carbocycles. The Hall–Kier alpha value is -0.380. The molecular weight excluding hydrogens is 302 g/mol. The van der Waals surface area contributed by atoms with Crippen molar-refractivity contribution in [3.8, 4) is 0 Å². The van der Waals surface area contributed by atoms with Crippen LogP contribution in [0.3, 0.4) is 0 Å². The van der Waals surface area contributed by atoms with Crippen LogP contribution in [-0.4, -0.2) is 30.2 Å². The van der Waals surface area contributed by atoms with Gasteiger partial charge < -0.3 is 10.0 Å². The van der Waals surface area contributed by atoms with Crippen molar-refractivity contribution in [3.05, 3.63) is 34.3 Å². The Morgan fingerprint density at radius 3 is 2.37 bits per heavy atom. The number of rotatable bonds is 5. The average Bonchev–Trinajstić information content (AvgIpc) is 2.42. The molecule has 3 heteroatoms. The molecule has 1 N–H and O–H groups in total. The van der Waals surface area contributed by atoms with Gasteiger partial charge in [0.2, 0.25) is 0 Å². The third-order valence-corrected chi connectivity index (χ3v) is 4.75. The van der Waals surface area contributed by atoms with Gasteiger partial charge in [-0.25, -0.2) is 0 Å². The minimum atomic E-state index is 0.141. The lowest BCUT2D eigenvalue weighted by molar-refractivity contribution is 0.0464. The Morgan fingerprint density at radius 1 is 1.16 bits per heavy atom. The molecule has 0 atom stereocenters. The Labute approximate surface area is 124 Å². The molecule has 19 heavy (non-hydrogen) atoms. The van der Waals surface area contributed by atoms with E-state index in [9.17, 15) is 5.11 Å². The predicted molar refractivity (Wildman–Crippen MR) is 83.1 cm³/mol. The fourth-order valence-electron chi connectivity index (χ4n) is 3.20. The fourth-order valence-corrected chi connectivity index (χ4v) is 3.46. The summed E-state index contributed by atoms with van der Waals surface area (Å²) in [7, 11) is 2.16. The summed E-state index contributed by atoms with van der Waals surface area (Å²) in [5.41, 5.74) is 1.47. The summed E-state index contributed by atoms with van der Waals surface area (Å²) < 4.78 is 1.12. The van der Waals surface area contributed by atoms with Gasteiger partial charge in [0.25, 0.3) is 0 Å². The van der Waals surface area contributed by atoms with Crippen molar-refractivity contribution in [2.24, 2.45) is 5.41 Å². The first kappa shape index (κ1) is 15.0. The lowest BCUT2D eigenvalue weighted by Crippen LogP contribution is -2.39. The van der Waals surface area contributed by atoms with E-state index in [1.54, 1.807) is 0 Å². The van der Waals surface area contributed by atoms with Gasteiger partial charge in [0.05, 0.1) is 0 Å². The average molecular weight is 326 g/mol. The lowest BCUT2D eigenvalue weighted by atomic mass is 9.74. The van der Waals surface area contributed by atoms with Gasteiger partial charge in [-0.1, -0.05) is 47.3 Å². The van der Waals surface area contributed by atoms with E-state index in [2.05, 4.69) is 52.1 Å². The first-order valence-corrected chi connectivity index (χ1v) is 7.97. The van der Waals surface area contributed by atoms with E-state index in [0.29, 0.717) is 6.61 Å². The quantitative estimate of drug-likeness (QED) is 0.889. The molecule has 0 aliphatic heterocycles. The highest BCUT2D eigenvalue weighted by Crippen LogP contribution is 2.36. The Balaban J connectivity index is 1.92. The number of aliphatic hydroxyl groups excluding tert-OH is 1. The van der Waals surface area contributed by atoms with Gasteiger partial charge in [-0.05, 0) is 37.6 Å². The van der Waals surface area contributed by atoms with Crippen LogP contribution < -0.4 is 0 Å². The molecule has 0 saturated heterocycles. The standard InChI is InChI=1S/C16H24BrNO/c1-18(11-14-5-7-15(17)8-6-14)12-16(13-19)9-3-2-4-10-16/h5-8,19H,2-4,9-13H2,1H3. The molecule has 1 aromatic rings. The van der Waals surface area contributed by atoms with Crippen LogP contribution in [0.1, 0.15) is 37.7 Å². The predicted octanol–water partition coefficient (Wildman–Crippen LogP) is 3.82. The van der Waals surface area contributed by atoms with E-state index < -0.39 is 0 Å². The molecule has 0 heterocycles. The third-order valence-electron chi connectivity index (χ3n) is 4.22. The van der Waals surface area contributed by atoms with Crippen molar-refractivity contribution in [2.45, 2.75) is 38.6 Å². The maximum atomic E-state index is 9.76. The first-order valence-electron chi connectivity index (χ1n) is 7.17. The molecule has 1 aromatic carbocycles. The second-order valence-corrected chi connectivity index (χ2v) is 6.93. The Bertz CT molecular complexity index is 384. The Kier molecular flexibility index (Phi) is 5.43.